The molecule has 0 radical (unpaired) electrons. The number of carbonyl (C=O) groups excluding carboxylic acids is 1. The number of aliphatic hydroxyl groups is 1. The number of hydrogen-bond donors (Lipinski definition) is 2. The van der Waals surface area contributed by atoms with E-state index >= 15 is 0 Å². The SMILES string of the molecule is CCCn1nc(C(=O)NC(C)(CC)CCO)ccc1=O. The number of rotatable bonds is 7. The van der Waals surface area contributed by atoms with Crippen LogP contribution in [0.5, 0.6) is 0 Å². The fourth-order valence-electron chi connectivity index (χ4n) is 1.85. The highest BCUT2D eigenvalue weighted by molar-refractivity contribution is 5.92. The van der Waals surface area contributed by atoms with Crippen LogP contribution in [-0.2, 0) is 6.54 Å². The predicted molar refractivity (Wildman–Crippen MR) is 76.7 cm³/mol. The van der Waals surface area contributed by atoms with Crippen molar-refractivity contribution in [3.05, 3.63) is 28.2 Å². The number of aliphatic hydroxyl groups excluding tert-OH is 1. The van der Waals surface area contributed by atoms with Crippen molar-refractivity contribution in [3.63, 3.8) is 0 Å². The van der Waals surface area contributed by atoms with E-state index in [2.05, 4.69) is 10.4 Å². The van der Waals surface area contributed by atoms with Crippen LogP contribution in [-0.4, -0.2) is 32.9 Å². The summed E-state index contributed by atoms with van der Waals surface area (Å²) in [7, 11) is 0. The van der Waals surface area contributed by atoms with Crippen molar-refractivity contribution in [3.8, 4) is 0 Å². The van der Waals surface area contributed by atoms with Gasteiger partial charge in [-0.05, 0) is 32.3 Å². The van der Waals surface area contributed by atoms with Crippen molar-refractivity contribution in [2.75, 3.05) is 6.61 Å². The number of aryl methyl sites for hydroxylation is 1. The van der Waals surface area contributed by atoms with E-state index in [1.165, 1.54) is 16.8 Å². The van der Waals surface area contributed by atoms with Crippen molar-refractivity contribution in [1.29, 1.82) is 0 Å². The highest BCUT2D eigenvalue weighted by atomic mass is 16.3. The molecule has 1 amide bonds. The van der Waals surface area contributed by atoms with Crippen LogP contribution < -0.4 is 10.9 Å². The molecule has 20 heavy (non-hydrogen) atoms. The maximum absolute atomic E-state index is 12.2. The number of nitrogens with one attached hydrogen (secondary N) is 1. The first-order valence-electron chi connectivity index (χ1n) is 6.97. The lowest BCUT2D eigenvalue weighted by Gasteiger charge is -2.28. The van der Waals surface area contributed by atoms with E-state index in [0.717, 1.165) is 6.42 Å². The zero-order valence-corrected chi connectivity index (χ0v) is 12.3. The lowest BCUT2D eigenvalue weighted by molar-refractivity contribution is 0.0878. The van der Waals surface area contributed by atoms with Crippen LogP contribution in [0.3, 0.4) is 0 Å². The molecule has 1 atom stereocenters. The quantitative estimate of drug-likeness (QED) is 0.779. The Hall–Kier alpha value is -1.69. The van der Waals surface area contributed by atoms with Crippen LogP contribution in [0.25, 0.3) is 0 Å². The van der Waals surface area contributed by atoms with Gasteiger partial charge in [-0.15, -0.1) is 0 Å². The first kappa shape index (κ1) is 16.4. The molecule has 1 heterocycles. The molecule has 0 aliphatic rings. The lowest BCUT2D eigenvalue weighted by Crippen LogP contribution is -2.46. The third-order valence-electron chi connectivity index (χ3n) is 3.39. The second-order valence-electron chi connectivity index (χ2n) is 5.12. The van der Waals surface area contributed by atoms with Gasteiger partial charge in [0.2, 0.25) is 0 Å². The number of hydrogen-bond acceptors (Lipinski definition) is 4. The molecule has 0 bridgehead atoms. The molecular weight excluding hydrogens is 258 g/mol. The zero-order valence-electron chi connectivity index (χ0n) is 12.3. The molecule has 112 valence electrons. The summed E-state index contributed by atoms with van der Waals surface area (Å²) >= 11 is 0. The Bertz CT molecular complexity index is 513. The van der Waals surface area contributed by atoms with E-state index in [1.807, 2.05) is 20.8 Å². The summed E-state index contributed by atoms with van der Waals surface area (Å²) in [4.78, 5) is 23.8. The number of amides is 1. The maximum Gasteiger partial charge on any atom is 0.272 e. The molecular formula is C14H23N3O3. The molecule has 0 aliphatic heterocycles. The van der Waals surface area contributed by atoms with Gasteiger partial charge in [0.05, 0.1) is 0 Å². The van der Waals surface area contributed by atoms with Gasteiger partial charge in [0.15, 0.2) is 0 Å². The fourth-order valence-corrected chi connectivity index (χ4v) is 1.85. The van der Waals surface area contributed by atoms with E-state index < -0.39 is 5.54 Å². The number of nitrogens with zero attached hydrogens (tertiary/aromatic N) is 2. The summed E-state index contributed by atoms with van der Waals surface area (Å²) in [6, 6.07) is 2.78. The van der Waals surface area contributed by atoms with E-state index in [0.29, 0.717) is 19.4 Å². The number of aromatic nitrogens is 2. The van der Waals surface area contributed by atoms with Gasteiger partial charge in [-0.1, -0.05) is 13.8 Å². The maximum atomic E-state index is 12.2. The minimum absolute atomic E-state index is 0.00732. The molecule has 0 saturated carbocycles. The lowest BCUT2D eigenvalue weighted by atomic mass is 9.95. The first-order chi connectivity index (χ1) is 9.45. The van der Waals surface area contributed by atoms with E-state index in [1.54, 1.807) is 0 Å². The van der Waals surface area contributed by atoms with Gasteiger partial charge < -0.3 is 10.4 Å². The van der Waals surface area contributed by atoms with E-state index in [9.17, 15) is 9.59 Å². The Morgan fingerprint density at radius 1 is 1.45 bits per heavy atom. The second kappa shape index (κ2) is 7.19. The molecule has 0 aliphatic carbocycles. The van der Waals surface area contributed by atoms with Gasteiger partial charge in [0.25, 0.3) is 11.5 Å². The molecule has 1 aromatic heterocycles. The van der Waals surface area contributed by atoms with Crippen LogP contribution in [0.4, 0.5) is 0 Å². The van der Waals surface area contributed by atoms with Gasteiger partial charge >= 0.3 is 0 Å². The van der Waals surface area contributed by atoms with Crippen molar-refractivity contribution in [2.45, 2.75) is 52.1 Å². The third kappa shape index (κ3) is 4.16. The average Bonchev–Trinajstić information content (AvgIpc) is 2.41. The third-order valence-corrected chi connectivity index (χ3v) is 3.39. The largest absolute Gasteiger partial charge is 0.396 e. The second-order valence-corrected chi connectivity index (χ2v) is 5.12. The van der Waals surface area contributed by atoms with Crippen LogP contribution in [0.1, 0.15) is 50.5 Å². The van der Waals surface area contributed by atoms with Crippen molar-refractivity contribution in [1.82, 2.24) is 15.1 Å². The predicted octanol–water partition coefficient (Wildman–Crippen LogP) is 0.934. The molecule has 2 N–H and O–H groups in total. The van der Waals surface area contributed by atoms with Crippen LogP contribution in [0, 0.1) is 0 Å². The van der Waals surface area contributed by atoms with Crippen molar-refractivity contribution in [2.24, 2.45) is 0 Å². The summed E-state index contributed by atoms with van der Waals surface area (Å²) in [5.41, 5.74) is -0.466. The van der Waals surface area contributed by atoms with Crippen LogP contribution in [0.15, 0.2) is 16.9 Å². The molecule has 1 aromatic rings. The normalized spacial score (nSPS) is 13.8. The zero-order chi connectivity index (χ0) is 15.2. The molecule has 0 spiro atoms. The minimum atomic E-state index is -0.473. The molecule has 1 rings (SSSR count). The van der Waals surface area contributed by atoms with Crippen molar-refractivity contribution < 1.29 is 9.90 Å². The molecule has 0 aromatic carbocycles. The summed E-state index contributed by atoms with van der Waals surface area (Å²) in [5, 5.41) is 16.0. The Kier molecular flexibility index (Phi) is 5.88. The Morgan fingerprint density at radius 3 is 2.70 bits per heavy atom. The summed E-state index contributed by atoms with van der Waals surface area (Å²) < 4.78 is 1.30. The number of carbonyl (C=O) groups is 1. The molecule has 0 fully saturated rings. The molecule has 6 nitrogen and oxygen atoms in total. The van der Waals surface area contributed by atoms with E-state index in [-0.39, 0.29) is 23.8 Å². The summed E-state index contributed by atoms with van der Waals surface area (Å²) in [6.45, 7) is 6.26. The van der Waals surface area contributed by atoms with Crippen molar-refractivity contribution >= 4 is 5.91 Å². The fraction of sp³-hybridized carbons (Fsp3) is 0.643. The summed E-state index contributed by atoms with van der Waals surface area (Å²) in [6.07, 6.45) is 1.95. The van der Waals surface area contributed by atoms with Gasteiger partial charge in [0, 0.05) is 24.8 Å². The van der Waals surface area contributed by atoms with Crippen LogP contribution in [0.2, 0.25) is 0 Å². The Balaban J connectivity index is 2.92. The van der Waals surface area contributed by atoms with Crippen LogP contribution >= 0.6 is 0 Å². The highest BCUT2D eigenvalue weighted by Gasteiger charge is 2.25. The average molecular weight is 281 g/mol. The smallest absolute Gasteiger partial charge is 0.272 e. The molecule has 6 heteroatoms. The standard InChI is InChI=1S/C14H23N3O3/c1-4-9-17-12(19)7-6-11(16-17)13(20)15-14(3,5-2)8-10-18/h6-7,18H,4-5,8-10H2,1-3H3,(H,15,20). The van der Waals surface area contributed by atoms with Gasteiger partial charge in [-0.3, -0.25) is 9.59 Å². The first-order valence-corrected chi connectivity index (χ1v) is 6.97. The highest BCUT2D eigenvalue weighted by Crippen LogP contribution is 2.14. The monoisotopic (exact) mass is 281 g/mol. The summed E-state index contributed by atoms with van der Waals surface area (Å²) in [5.74, 6) is -0.326. The van der Waals surface area contributed by atoms with E-state index in [4.69, 9.17) is 5.11 Å². The van der Waals surface area contributed by atoms with Gasteiger partial charge in [-0.2, -0.15) is 5.10 Å². The Labute approximate surface area is 118 Å². The minimum Gasteiger partial charge on any atom is -0.396 e. The van der Waals surface area contributed by atoms with Gasteiger partial charge in [0.1, 0.15) is 5.69 Å². The topological polar surface area (TPSA) is 84.2 Å². The molecule has 1 unspecified atom stereocenters. The molecule has 0 saturated heterocycles. The Morgan fingerprint density at radius 2 is 2.15 bits per heavy atom. The van der Waals surface area contributed by atoms with Gasteiger partial charge in [-0.25, -0.2) is 4.68 Å².